The lowest BCUT2D eigenvalue weighted by Crippen LogP contribution is -2.39. The Morgan fingerprint density at radius 3 is 2.44 bits per heavy atom. The van der Waals surface area contributed by atoms with Crippen LogP contribution >= 0.6 is 0 Å². The quantitative estimate of drug-likeness (QED) is 0.752. The number of hydrogen-bond acceptors (Lipinski definition) is 4. The molecule has 0 unspecified atom stereocenters. The lowest BCUT2D eigenvalue weighted by molar-refractivity contribution is 0.206. The van der Waals surface area contributed by atoms with Crippen molar-refractivity contribution in [3.05, 3.63) is 48.2 Å². The summed E-state index contributed by atoms with van der Waals surface area (Å²) in [7, 11) is -3.60. The number of benzene rings is 1. The van der Waals surface area contributed by atoms with Gasteiger partial charge < -0.3 is 0 Å². The zero-order valence-electron chi connectivity index (χ0n) is 16.0. The van der Waals surface area contributed by atoms with Crippen molar-refractivity contribution in [2.75, 3.05) is 19.6 Å². The Kier molecular flexibility index (Phi) is 7.04. The summed E-state index contributed by atoms with van der Waals surface area (Å²) < 4.78 is 30.2. The van der Waals surface area contributed by atoms with E-state index in [9.17, 15) is 8.42 Å². The van der Waals surface area contributed by atoms with Crippen LogP contribution in [0.4, 0.5) is 0 Å². The highest BCUT2D eigenvalue weighted by Crippen LogP contribution is 2.24. The van der Waals surface area contributed by atoms with E-state index in [0.29, 0.717) is 13.1 Å². The SMILES string of the molecule is CCCn1nccc1S(=O)(=O)NC[C@@H](c1ccccc1)N1CCCCCC1. The third-order valence-electron chi connectivity index (χ3n) is 5.12. The molecule has 3 rings (SSSR count). The molecule has 1 atom stereocenters. The van der Waals surface area contributed by atoms with Gasteiger partial charge in [0.1, 0.15) is 0 Å². The molecule has 1 aliphatic heterocycles. The molecule has 0 saturated carbocycles. The monoisotopic (exact) mass is 390 g/mol. The minimum atomic E-state index is -3.60. The molecule has 27 heavy (non-hydrogen) atoms. The van der Waals surface area contributed by atoms with Crippen LogP contribution in [0.25, 0.3) is 0 Å². The van der Waals surface area contributed by atoms with E-state index in [1.54, 1.807) is 16.9 Å². The predicted octanol–water partition coefficient (Wildman–Crippen LogP) is 3.19. The maximum Gasteiger partial charge on any atom is 0.257 e. The normalized spacial score (nSPS) is 17.5. The number of aryl methyl sites for hydroxylation is 1. The van der Waals surface area contributed by atoms with Crippen LogP contribution in [0.3, 0.4) is 0 Å². The van der Waals surface area contributed by atoms with Crippen LogP contribution in [-0.2, 0) is 16.6 Å². The Morgan fingerprint density at radius 1 is 1.07 bits per heavy atom. The molecule has 1 saturated heterocycles. The van der Waals surface area contributed by atoms with Crippen molar-refractivity contribution in [3.63, 3.8) is 0 Å². The van der Waals surface area contributed by atoms with Crippen LogP contribution < -0.4 is 4.72 Å². The fourth-order valence-corrected chi connectivity index (χ4v) is 4.91. The van der Waals surface area contributed by atoms with E-state index >= 15 is 0 Å². The molecule has 0 radical (unpaired) electrons. The standard InChI is InChI=1S/C20H30N4O2S/c1-2-14-24-20(12-13-21-24)27(25,26)22-17-19(18-10-6-5-7-11-18)23-15-8-3-4-9-16-23/h5-7,10-13,19,22H,2-4,8-9,14-17H2,1H3/t19-/m0/s1. The van der Waals surface area contributed by atoms with Gasteiger partial charge in [-0.3, -0.25) is 9.58 Å². The fourth-order valence-electron chi connectivity index (χ4n) is 3.73. The molecule has 2 heterocycles. The van der Waals surface area contributed by atoms with Crippen molar-refractivity contribution in [3.8, 4) is 0 Å². The van der Waals surface area contributed by atoms with Gasteiger partial charge in [-0.05, 0) is 44.0 Å². The lowest BCUT2D eigenvalue weighted by atomic mass is 10.1. The molecule has 2 aromatic rings. The van der Waals surface area contributed by atoms with Crippen molar-refractivity contribution in [1.82, 2.24) is 19.4 Å². The smallest absolute Gasteiger partial charge is 0.257 e. The van der Waals surface area contributed by atoms with E-state index in [1.165, 1.54) is 25.7 Å². The molecule has 1 fully saturated rings. The highest BCUT2D eigenvalue weighted by Gasteiger charge is 2.25. The van der Waals surface area contributed by atoms with Gasteiger partial charge in [0.2, 0.25) is 0 Å². The summed E-state index contributed by atoms with van der Waals surface area (Å²) >= 11 is 0. The molecule has 1 aromatic heterocycles. The van der Waals surface area contributed by atoms with Gasteiger partial charge in [-0.2, -0.15) is 5.10 Å². The van der Waals surface area contributed by atoms with Crippen LogP contribution in [0.2, 0.25) is 0 Å². The third kappa shape index (κ3) is 5.18. The molecule has 0 amide bonds. The molecule has 0 aliphatic carbocycles. The van der Waals surface area contributed by atoms with Crippen LogP contribution in [0.15, 0.2) is 47.6 Å². The summed E-state index contributed by atoms with van der Waals surface area (Å²) in [4.78, 5) is 2.42. The predicted molar refractivity (Wildman–Crippen MR) is 107 cm³/mol. The van der Waals surface area contributed by atoms with Crippen LogP contribution in [0.5, 0.6) is 0 Å². The summed E-state index contributed by atoms with van der Waals surface area (Å²) in [5.74, 6) is 0. The van der Waals surface area contributed by atoms with Crippen LogP contribution in [0.1, 0.15) is 50.6 Å². The minimum Gasteiger partial charge on any atom is -0.295 e. The summed E-state index contributed by atoms with van der Waals surface area (Å²) in [6.45, 7) is 4.99. The van der Waals surface area contributed by atoms with E-state index in [2.05, 4.69) is 26.9 Å². The fraction of sp³-hybridized carbons (Fsp3) is 0.550. The van der Waals surface area contributed by atoms with E-state index in [0.717, 1.165) is 25.1 Å². The first-order valence-corrected chi connectivity index (χ1v) is 11.4. The summed E-state index contributed by atoms with van der Waals surface area (Å²) in [5, 5.41) is 4.39. The number of hydrogen-bond donors (Lipinski definition) is 1. The number of nitrogens with one attached hydrogen (secondary N) is 1. The molecule has 6 nitrogen and oxygen atoms in total. The maximum absolute atomic E-state index is 12.9. The number of nitrogens with zero attached hydrogens (tertiary/aromatic N) is 3. The summed E-state index contributed by atoms with van der Waals surface area (Å²) in [6, 6.07) is 11.8. The number of likely N-dealkylation sites (tertiary alicyclic amines) is 1. The first-order valence-electron chi connectivity index (χ1n) is 9.92. The number of aromatic nitrogens is 2. The van der Waals surface area contributed by atoms with Crippen molar-refractivity contribution < 1.29 is 8.42 Å². The maximum atomic E-state index is 12.9. The van der Waals surface area contributed by atoms with Gasteiger partial charge in [0.25, 0.3) is 10.0 Å². The second-order valence-corrected chi connectivity index (χ2v) is 8.83. The molecule has 0 spiro atoms. The zero-order chi connectivity index (χ0) is 19.1. The highest BCUT2D eigenvalue weighted by molar-refractivity contribution is 7.89. The van der Waals surface area contributed by atoms with E-state index in [4.69, 9.17) is 0 Å². The van der Waals surface area contributed by atoms with Gasteiger partial charge in [0.15, 0.2) is 5.03 Å². The second-order valence-electron chi connectivity index (χ2n) is 7.12. The molecule has 1 aromatic carbocycles. The van der Waals surface area contributed by atoms with Crippen LogP contribution in [0, 0.1) is 0 Å². The molecule has 7 heteroatoms. The number of rotatable bonds is 8. The molecular formula is C20H30N4O2S. The summed E-state index contributed by atoms with van der Waals surface area (Å²) in [6.07, 6.45) is 7.22. The number of sulfonamides is 1. The Labute approximate surface area is 162 Å². The van der Waals surface area contributed by atoms with Crippen molar-refractivity contribution in [2.45, 2.75) is 56.6 Å². The van der Waals surface area contributed by atoms with Gasteiger partial charge in [0.05, 0.1) is 6.20 Å². The highest BCUT2D eigenvalue weighted by atomic mass is 32.2. The Hall–Kier alpha value is -1.70. The molecule has 1 aliphatic rings. The molecule has 0 bridgehead atoms. The Balaban J connectivity index is 1.78. The average Bonchev–Trinajstić information content (AvgIpc) is 2.98. The van der Waals surface area contributed by atoms with E-state index < -0.39 is 10.0 Å². The zero-order valence-corrected chi connectivity index (χ0v) is 16.9. The van der Waals surface area contributed by atoms with E-state index in [1.807, 2.05) is 25.1 Å². The lowest BCUT2D eigenvalue weighted by Gasteiger charge is -2.31. The summed E-state index contributed by atoms with van der Waals surface area (Å²) in [5.41, 5.74) is 1.16. The molecule has 148 valence electrons. The van der Waals surface area contributed by atoms with E-state index in [-0.39, 0.29) is 11.1 Å². The first-order chi connectivity index (χ1) is 13.1. The van der Waals surface area contributed by atoms with Crippen LogP contribution in [-0.4, -0.2) is 42.7 Å². The van der Waals surface area contributed by atoms with Gasteiger partial charge in [-0.15, -0.1) is 0 Å². The Bertz CT molecular complexity index is 796. The minimum absolute atomic E-state index is 0.0432. The van der Waals surface area contributed by atoms with Gasteiger partial charge in [-0.25, -0.2) is 13.1 Å². The molecule has 1 N–H and O–H groups in total. The topological polar surface area (TPSA) is 67.2 Å². The van der Waals surface area contributed by atoms with Crippen molar-refractivity contribution in [2.24, 2.45) is 0 Å². The van der Waals surface area contributed by atoms with Crippen molar-refractivity contribution >= 4 is 10.0 Å². The third-order valence-corrected chi connectivity index (χ3v) is 6.56. The van der Waals surface area contributed by atoms with Gasteiger partial charge >= 0.3 is 0 Å². The molecular weight excluding hydrogens is 360 g/mol. The Morgan fingerprint density at radius 2 is 1.78 bits per heavy atom. The van der Waals surface area contributed by atoms with Crippen molar-refractivity contribution in [1.29, 1.82) is 0 Å². The average molecular weight is 391 g/mol. The second kappa shape index (κ2) is 9.48. The van der Waals surface area contributed by atoms with Gasteiger partial charge in [0, 0.05) is 19.1 Å². The largest absolute Gasteiger partial charge is 0.295 e. The first kappa shape index (κ1) is 20.0. The van der Waals surface area contributed by atoms with Gasteiger partial charge in [-0.1, -0.05) is 50.1 Å².